The second-order valence-corrected chi connectivity index (χ2v) is 10.5. The van der Waals surface area contributed by atoms with Crippen LogP contribution in [0.3, 0.4) is 0 Å². The van der Waals surface area contributed by atoms with Crippen LogP contribution in [0.1, 0.15) is 37.3 Å². The van der Waals surface area contributed by atoms with Gasteiger partial charge in [0.15, 0.2) is 17.3 Å². The van der Waals surface area contributed by atoms with Crippen molar-refractivity contribution in [3.8, 4) is 40.1 Å². The quantitative estimate of drug-likeness (QED) is 0.140. The highest BCUT2D eigenvalue weighted by Crippen LogP contribution is 2.47. The predicted octanol–water partition coefficient (Wildman–Crippen LogP) is 4.69. The number of carbonyl (C=O) groups is 1. The minimum atomic E-state index is -0.972. The van der Waals surface area contributed by atoms with Gasteiger partial charge in [-0.1, -0.05) is 32.0 Å². The van der Waals surface area contributed by atoms with E-state index in [1.54, 1.807) is 10.6 Å². The zero-order valence-electron chi connectivity index (χ0n) is 22.0. The number of phenolic OH excluding ortho intramolecular Hbond substituents is 3. The third-order valence-electron chi connectivity index (χ3n) is 7.26. The molecule has 0 spiro atoms. The summed E-state index contributed by atoms with van der Waals surface area (Å²) in [6.07, 6.45) is -0.248. The molecule has 10 heteroatoms. The number of ether oxygens (including phenoxy) is 1. The summed E-state index contributed by atoms with van der Waals surface area (Å²) in [5.74, 6) is -4.24. The Hall–Kier alpha value is -5.25. The van der Waals surface area contributed by atoms with E-state index in [0.717, 1.165) is 29.1 Å². The Bertz CT molecular complexity index is 2020. The first kappa shape index (κ1) is 26.0. The number of carbonyl (C=O) groups excluding carboxylic acids is 1. The Morgan fingerprint density at radius 3 is 2.41 bits per heavy atom. The molecule has 3 heterocycles. The number of rotatable bonds is 4. The highest BCUT2D eigenvalue weighted by molar-refractivity contribution is 5.94. The average Bonchev–Trinajstić information content (AvgIpc) is 2.92. The van der Waals surface area contributed by atoms with Crippen LogP contribution in [0.4, 0.5) is 0 Å². The molecule has 3 aromatic carbocycles. The predicted molar refractivity (Wildman–Crippen MR) is 150 cm³/mol. The first-order valence-corrected chi connectivity index (χ1v) is 13.0. The molecule has 4 N–H and O–H groups in total. The zero-order chi connectivity index (χ0) is 29.2. The van der Waals surface area contributed by atoms with Crippen molar-refractivity contribution in [2.75, 3.05) is 0 Å². The van der Waals surface area contributed by atoms with E-state index >= 15 is 0 Å². The van der Waals surface area contributed by atoms with E-state index in [1.165, 1.54) is 6.07 Å². The van der Waals surface area contributed by atoms with Gasteiger partial charge >= 0.3 is 5.97 Å². The number of phenols is 3. The van der Waals surface area contributed by atoms with Crippen molar-refractivity contribution in [2.24, 2.45) is 5.92 Å². The second-order valence-electron chi connectivity index (χ2n) is 10.5. The molecule has 208 valence electrons. The standard InChI is InChI=1S/C31H25NO9/c1-14(2)13-32-19-6-4-3-5-15(19)9-18(31(32)39)17-11-24(36)40-23-12-22(35)26-27(37)28(38)29(41-30(26)25(17)23)16-7-8-20(33)21(34)10-16/h3-10,12,14,17,33-35,38H,11,13H2,1-2H3. The van der Waals surface area contributed by atoms with Crippen LogP contribution in [0.5, 0.6) is 28.7 Å². The van der Waals surface area contributed by atoms with Crippen molar-refractivity contribution in [1.82, 2.24) is 4.57 Å². The van der Waals surface area contributed by atoms with Gasteiger partial charge in [-0.15, -0.1) is 0 Å². The first-order chi connectivity index (χ1) is 19.5. The lowest BCUT2D eigenvalue weighted by Gasteiger charge is -2.27. The molecule has 0 fully saturated rings. The molecule has 2 aromatic heterocycles. The fourth-order valence-electron chi connectivity index (χ4n) is 5.45. The maximum Gasteiger partial charge on any atom is 0.312 e. The monoisotopic (exact) mass is 555 g/mol. The van der Waals surface area contributed by atoms with E-state index in [-0.39, 0.29) is 57.1 Å². The zero-order valence-corrected chi connectivity index (χ0v) is 22.0. The van der Waals surface area contributed by atoms with Gasteiger partial charge in [-0.3, -0.25) is 14.4 Å². The fourth-order valence-corrected chi connectivity index (χ4v) is 5.45. The average molecular weight is 556 g/mol. The minimum Gasteiger partial charge on any atom is -0.507 e. The van der Waals surface area contributed by atoms with Crippen LogP contribution in [-0.4, -0.2) is 31.0 Å². The van der Waals surface area contributed by atoms with Gasteiger partial charge in [0.2, 0.25) is 11.2 Å². The molecule has 0 bridgehead atoms. The lowest BCUT2D eigenvalue weighted by atomic mass is 9.85. The fraction of sp³-hybridized carbons (Fsp3) is 0.194. The van der Waals surface area contributed by atoms with Crippen molar-refractivity contribution in [1.29, 1.82) is 0 Å². The number of esters is 1. The number of pyridine rings is 1. The molecule has 1 atom stereocenters. The van der Waals surface area contributed by atoms with E-state index in [9.17, 15) is 34.8 Å². The largest absolute Gasteiger partial charge is 0.507 e. The molecule has 1 aliphatic rings. The number of hydrogen-bond donors (Lipinski definition) is 4. The Balaban J connectivity index is 1.69. The molecule has 6 rings (SSSR count). The van der Waals surface area contributed by atoms with Crippen LogP contribution in [0, 0.1) is 5.92 Å². The Morgan fingerprint density at radius 1 is 0.927 bits per heavy atom. The van der Waals surface area contributed by atoms with Crippen LogP contribution >= 0.6 is 0 Å². The number of benzene rings is 3. The molecule has 0 amide bonds. The minimum absolute atomic E-state index is 0.0586. The van der Waals surface area contributed by atoms with E-state index in [0.29, 0.717) is 6.54 Å². The smallest absolute Gasteiger partial charge is 0.312 e. The summed E-state index contributed by atoms with van der Waals surface area (Å²) in [5, 5.41) is 41.6. The second kappa shape index (κ2) is 9.44. The molecule has 41 heavy (non-hydrogen) atoms. The van der Waals surface area contributed by atoms with Gasteiger partial charge in [-0.25, -0.2) is 0 Å². The highest BCUT2D eigenvalue weighted by Gasteiger charge is 2.36. The van der Waals surface area contributed by atoms with Crippen LogP contribution in [0.15, 0.2) is 68.6 Å². The highest BCUT2D eigenvalue weighted by atomic mass is 16.5. The van der Waals surface area contributed by atoms with Crippen LogP contribution < -0.4 is 15.7 Å². The summed E-state index contributed by atoms with van der Waals surface area (Å²) < 4.78 is 13.1. The summed E-state index contributed by atoms with van der Waals surface area (Å²) in [6, 6.07) is 13.8. The number of para-hydroxylation sites is 1. The molecule has 1 unspecified atom stereocenters. The Labute approximate surface area is 231 Å². The van der Waals surface area contributed by atoms with Gasteiger partial charge in [-0.2, -0.15) is 0 Å². The Kier molecular flexibility index (Phi) is 5.99. The normalized spacial score (nSPS) is 14.9. The van der Waals surface area contributed by atoms with Crippen molar-refractivity contribution < 1.29 is 34.4 Å². The molecule has 5 aromatic rings. The molecular formula is C31H25NO9. The number of aromatic hydroxyl groups is 4. The number of aromatic nitrogens is 1. The van der Waals surface area contributed by atoms with Gasteiger partial charge in [-0.05, 0) is 41.6 Å². The van der Waals surface area contributed by atoms with Crippen molar-refractivity contribution in [2.45, 2.75) is 32.7 Å². The van der Waals surface area contributed by atoms with E-state index in [1.807, 2.05) is 38.1 Å². The summed E-state index contributed by atoms with van der Waals surface area (Å²) >= 11 is 0. The molecule has 0 saturated heterocycles. The molecule has 0 saturated carbocycles. The van der Waals surface area contributed by atoms with Gasteiger partial charge in [0.1, 0.15) is 22.5 Å². The number of hydrogen-bond acceptors (Lipinski definition) is 9. The van der Waals surface area contributed by atoms with Crippen molar-refractivity contribution in [3.05, 3.63) is 86.3 Å². The molecule has 0 aliphatic carbocycles. The van der Waals surface area contributed by atoms with E-state index in [2.05, 4.69) is 0 Å². The Morgan fingerprint density at radius 2 is 1.68 bits per heavy atom. The topological polar surface area (TPSA) is 159 Å². The molecule has 0 radical (unpaired) electrons. The molecule has 10 nitrogen and oxygen atoms in total. The summed E-state index contributed by atoms with van der Waals surface area (Å²) in [4.78, 5) is 40.1. The van der Waals surface area contributed by atoms with Gasteiger partial charge in [0.25, 0.3) is 5.56 Å². The third-order valence-corrected chi connectivity index (χ3v) is 7.26. The van der Waals surface area contributed by atoms with Crippen molar-refractivity contribution >= 4 is 27.8 Å². The lowest BCUT2D eigenvalue weighted by molar-refractivity contribution is -0.135. The van der Waals surface area contributed by atoms with Gasteiger partial charge in [0, 0.05) is 35.2 Å². The van der Waals surface area contributed by atoms with Crippen LogP contribution in [0.25, 0.3) is 33.2 Å². The maximum atomic E-state index is 14.0. The summed E-state index contributed by atoms with van der Waals surface area (Å²) in [7, 11) is 0. The summed E-state index contributed by atoms with van der Waals surface area (Å²) in [5.41, 5.74) is -0.241. The number of nitrogens with zero attached hydrogens (tertiary/aromatic N) is 1. The van der Waals surface area contributed by atoms with Crippen molar-refractivity contribution in [3.63, 3.8) is 0 Å². The lowest BCUT2D eigenvalue weighted by Crippen LogP contribution is -2.31. The molecule has 1 aliphatic heterocycles. The first-order valence-electron chi connectivity index (χ1n) is 13.0. The van der Waals surface area contributed by atoms with E-state index in [4.69, 9.17) is 9.15 Å². The number of fused-ring (bicyclic) bond motifs is 4. The molecular weight excluding hydrogens is 530 g/mol. The van der Waals surface area contributed by atoms with Gasteiger partial charge < -0.3 is 34.1 Å². The third kappa shape index (κ3) is 4.15. The summed E-state index contributed by atoms with van der Waals surface area (Å²) in [6.45, 7) is 4.40. The SMILES string of the molecule is CC(C)Cn1c(=O)c(C2CC(=O)Oc3cc(O)c4c(=O)c(O)c(-c5ccc(O)c(O)c5)oc4c32)cc2ccccc21. The van der Waals surface area contributed by atoms with Crippen LogP contribution in [0.2, 0.25) is 0 Å². The maximum absolute atomic E-state index is 14.0. The van der Waals surface area contributed by atoms with E-state index < -0.39 is 40.3 Å². The van der Waals surface area contributed by atoms with Gasteiger partial charge in [0.05, 0.1) is 11.9 Å². The van der Waals surface area contributed by atoms with Crippen LogP contribution in [-0.2, 0) is 11.3 Å².